The van der Waals surface area contributed by atoms with E-state index in [9.17, 15) is 0 Å². The van der Waals surface area contributed by atoms with Crippen LogP contribution in [0, 0.1) is 0 Å². The number of hydrogen-bond donors (Lipinski definition) is 0. The van der Waals surface area contributed by atoms with Crippen LogP contribution in [0.1, 0.15) is 29.6 Å². The summed E-state index contributed by atoms with van der Waals surface area (Å²) in [6.45, 7) is 0. The van der Waals surface area contributed by atoms with Crippen LogP contribution in [-0.2, 0) is 4.84 Å². The van der Waals surface area contributed by atoms with Crippen molar-refractivity contribution in [1.82, 2.24) is 0 Å². The second kappa shape index (κ2) is 6.97. The summed E-state index contributed by atoms with van der Waals surface area (Å²) >= 11 is 3.52. The van der Waals surface area contributed by atoms with Crippen LogP contribution in [0.2, 0.25) is 0 Å². The molecular weight excluding hydrogens is 342 g/mol. The number of methoxy groups -OCH3 is 1. The molecule has 3 rings (SSSR count). The zero-order valence-electron chi connectivity index (χ0n) is 12.4. The molecule has 0 aromatic heterocycles. The van der Waals surface area contributed by atoms with Gasteiger partial charge in [0.1, 0.15) is 5.75 Å². The molecule has 2 atom stereocenters. The number of ether oxygens (including phenoxy) is 1. The van der Waals surface area contributed by atoms with Crippen molar-refractivity contribution < 1.29 is 9.57 Å². The predicted octanol–water partition coefficient (Wildman–Crippen LogP) is 4.69. The Hall–Kier alpha value is -1.81. The van der Waals surface area contributed by atoms with Crippen molar-refractivity contribution >= 4 is 21.6 Å². The quantitative estimate of drug-likeness (QED) is 0.741. The van der Waals surface area contributed by atoms with E-state index in [1.54, 1.807) is 7.11 Å². The van der Waals surface area contributed by atoms with Gasteiger partial charge < -0.3 is 9.57 Å². The number of oxime groups is 1. The Labute approximate surface area is 139 Å². The maximum atomic E-state index is 5.70. The van der Waals surface area contributed by atoms with Gasteiger partial charge in [0.05, 0.1) is 12.8 Å². The topological polar surface area (TPSA) is 30.8 Å². The van der Waals surface area contributed by atoms with E-state index in [2.05, 4.69) is 45.4 Å². The van der Waals surface area contributed by atoms with Crippen LogP contribution < -0.4 is 4.74 Å². The molecule has 0 fully saturated rings. The van der Waals surface area contributed by atoms with Crippen molar-refractivity contribution in [1.29, 1.82) is 0 Å². The van der Waals surface area contributed by atoms with E-state index < -0.39 is 0 Å². The van der Waals surface area contributed by atoms with Crippen molar-refractivity contribution in [2.24, 2.45) is 5.16 Å². The summed E-state index contributed by atoms with van der Waals surface area (Å²) in [4.78, 5) is 5.70. The monoisotopic (exact) mass is 359 g/mol. The van der Waals surface area contributed by atoms with Crippen molar-refractivity contribution in [2.45, 2.75) is 18.4 Å². The van der Waals surface area contributed by atoms with E-state index in [1.807, 2.05) is 30.3 Å². The molecule has 0 N–H and O–H groups in total. The highest BCUT2D eigenvalue weighted by atomic mass is 79.9. The second-order valence-electron chi connectivity index (χ2n) is 5.28. The van der Waals surface area contributed by atoms with Crippen molar-refractivity contribution in [3.8, 4) is 5.75 Å². The lowest BCUT2D eigenvalue weighted by Gasteiger charge is -2.28. The summed E-state index contributed by atoms with van der Waals surface area (Å²) in [5, 5.41) is 5.06. The van der Waals surface area contributed by atoms with Crippen LogP contribution in [0.4, 0.5) is 0 Å². The first-order valence-corrected chi connectivity index (χ1v) is 8.41. The SMILES string of the molecule is COc1ccc([C@H]2C[C@H](c3ccccc3)ON=C2CBr)cc1. The van der Waals surface area contributed by atoms with Crippen LogP contribution in [0.15, 0.2) is 59.8 Å². The zero-order valence-corrected chi connectivity index (χ0v) is 14.0. The van der Waals surface area contributed by atoms with Gasteiger partial charge in [-0.25, -0.2) is 0 Å². The average molecular weight is 360 g/mol. The minimum Gasteiger partial charge on any atom is -0.497 e. The Balaban J connectivity index is 1.87. The third-order valence-corrected chi connectivity index (χ3v) is 4.55. The fourth-order valence-corrected chi connectivity index (χ4v) is 3.23. The first-order valence-electron chi connectivity index (χ1n) is 7.29. The number of alkyl halides is 1. The van der Waals surface area contributed by atoms with Crippen molar-refractivity contribution in [3.63, 3.8) is 0 Å². The fraction of sp³-hybridized carbons (Fsp3) is 0.278. The number of nitrogens with zero attached hydrogens (tertiary/aromatic N) is 1. The van der Waals surface area contributed by atoms with Crippen LogP contribution in [-0.4, -0.2) is 18.2 Å². The molecule has 2 aromatic carbocycles. The molecule has 1 aliphatic heterocycles. The second-order valence-corrected chi connectivity index (χ2v) is 5.84. The lowest BCUT2D eigenvalue weighted by atomic mass is 9.87. The minimum absolute atomic E-state index is 0.00361. The standard InChI is InChI=1S/C18H18BrNO2/c1-21-15-9-7-13(8-10-15)16-11-18(22-20-17(16)12-19)14-5-3-2-4-6-14/h2-10,16,18H,11-12H2,1H3/t16-,18-/m1/s1. The smallest absolute Gasteiger partial charge is 0.153 e. The molecule has 114 valence electrons. The highest BCUT2D eigenvalue weighted by Crippen LogP contribution is 2.36. The summed E-state index contributed by atoms with van der Waals surface area (Å²) in [5.41, 5.74) is 3.43. The molecule has 1 heterocycles. The Kier molecular flexibility index (Phi) is 4.78. The summed E-state index contributed by atoms with van der Waals surface area (Å²) in [6, 6.07) is 18.5. The maximum Gasteiger partial charge on any atom is 0.153 e. The molecule has 0 saturated heterocycles. The summed E-state index contributed by atoms with van der Waals surface area (Å²) in [6.07, 6.45) is 0.886. The van der Waals surface area contributed by atoms with Gasteiger partial charge in [0, 0.05) is 17.7 Å². The predicted molar refractivity (Wildman–Crippen MR) is 91.8 cm³/mol. The van der Waals surface area contributed by atoms with Gasteiger partial charge in [-0.3, -0.25) is 0 Å². The first-order chi connectivity index (χ1) is 10.8. The van der Waals surface area contributed by atoms with Gasteiger partial charge in [0.25, 0.3) is 0 Å². The summed E-state index contributed by atoms with van der Waals surface area (Å²) < 4.78 is 5.24. The Morgan fingerprint density at radius 2 is 1.82 bits per heavy atom. The molecule has 0 amide bonds. The number of hydrogen-bond acceptors (Lipinski definition) is 3. The van der Waals surface area contributed by atoms with E-state index in [4.69, 9.17) is 9.57 Å². The average Bonchev–Trinajstić information content (AvgIpc) is 2.62. The highest BCUT2D eigenvalue weighted by Gasteiger charge is 2.29. The van der Waals surface area contributed by atoms with Gasteiger partial charge in [-0.2, -0.15) is 0 Å². The number of rotatable bonds is 4. The molecule has 2 aromatic rings. The van der Waals surface area contributed by atoms with Gasteiger partial charge >= 0.3 is 0 Å². The van der Waals surface area contributed by atoms with Gasteiger partial charge in [-0.15, -0.1) is 0 Å². The molecule has 0 bridgehead atoms. The van der Waals surface area contributed by atoms with Crippen molar-refractivity contribution in [3.05, 3.63) is 65.7 Å². The zero-order chi connectivity index (χ0) is 15.4. The summed E-state index contributed by atoms with van der Waals surface area (Å²) in [7, 11) is 1.68. The van der Waals surface area contributed by atoms with Crippen LogP contribution in [0.25, 0.3) is 0 Å². The van der Waals surface area contributed by atoms with E-state index >= 15 is 0 Å². The molecule has 4 heteroatoms. The van der Waals surface area contributed by atoms with Gasteiger partial charge in [0.15, 0.2) is 6.10 Å². The Morgan fingerprint density at radius 3 is 2.45 bits per heavy atom. The molecule has 0 radical (unpaired) electrons. The molecule has 0 saturated carbocycles. The highest BCUT2D eigenvalue weighted by molar-refractivity contribution is 9.09. The maximum absolute atomic E-state index is 5.70. The van der Waals surface area contributed by atoms with Crippen LogP contribution in [0.3, 0.4) is 0 Å². The van der Waals surface area contributed by atoms with Gasteiger partial charge in [0.2, 0.25) is 0 Å². The van der Waals surface area contributed by atoms with E-state index in [0.717, 1.165) is 17.9 Å². The summed E-state index contributed by atoms with van der Waals surface area (Å²) in [5.74, 6) is 1.12. The van der Waals surface area contributed by atoms with E-state index in [-0.39, 0.29) is 12.0 Å². The molecule has 1 aliphatic rings. The van der Waals surface area contributed by atoms with Crippen molar-refractivity contribution in [2.75, 3.05) is 12.4 Å². The molecular formula is C18H18BrNO2. The molecule has 22 heavy (non-hydrogen) atoms. The lowest BCUT2D eigenvalue weighted by Crippen LogP contribution is -2.23. The first kappa shape index (κ1) is 15.1. The Morgan fingerprint density at radius 1 is 1.09 bits per heavy atom. The van der Waals surface area contributed by atoms with Gasteiger partial charge in [-0.05, 0) is 23.3 Å². The van der Waals surface area contributed by atoms with E-state index in [0.29, 0.717) is 5.33 Å². The molecule has 0 unspecified atom stereocenters. The number of benzene rings is 2. The third kappa shape index (κ3) is 3.17. The largest absolute Gasteiger partial charge is 0.497 e. The number of halogens is 1. The molecule has 3 nitrogen and oxygen atoms in total. The van der Waals surface area contributed by atoms with E-state index in [1.165, 1.54) is 11.1 Å². The Bertz CT molecular complexity index is 640. The third-order valence-electron chi connectivity index (χ3n) is 3.98. The van der Waals surface area contributed by atoms with Crippen LogP contribution in [0.5, 0.6) is 5.75 Å². The fourth-order valence-electron chi connectivity index (χ4n) is 2.73. The normalized spacial score (nSPS) is 20.9. The molecule has 0 aliphatic carbocycles. The lowest BCUT2D eigenvalue weighted by molar-refractivity contribution is 0.0380. The molecule has 0 spiro atoms. The van der Waals surface area contributed by atoms with Gasteiger partial charge in [-0.1, -0.05) is 63.6 Å². The van der Waals surface area contributed by atoms with Crippen LogP contribution >= 0.6 is 15.9 Å². The minimum atomic E-state index is -0.00361.